The number of amides is 1. The zero-order valence-electron chi connectivity index (χ0n) is 55.1. The molecule has 482 valence electrons. The lowest BCUT2D eigenvalue weighted by molar-refractivity contribution is -0.870. The molecule has 2 N–H and O–H groups in total. The third-order valence-electron chi connectivity index (χ3n) is 14.6. The van der Waals surface area contributed by atoms with E-state index in [0.717, 1.165) is 148 Å². The Morgan fingerprint density at radius 1 is 0.429 bits per heavy atom. The summed E-state index contributed by atoms with van der Waals surface area (Å²) in [5.74, 6) is -0.534. The van der Waals surface area contributed by atoms with Crippen LogP contribution in [0.1, 0.15) is 284 Å². The summed E-state index contributed by atoms with van der Waals surface area (Å²) >= 11 is 0. The minimum absolute atomic E-state index is 0.0296. The number of esters is 1. The van der Waals surface area contributed by atoms with E-state index in [2.05, 4.69) is 135 Å². The van der Waals surface area contributed by atoms with Crippen LogP contribution in [-0.4, -0.2) is 74.3 Å². The number of phosphoric ester groups is 1. The molecule has 10 heteroatoms. The van der Waals surface area contributed by atoms with E-state index >= 15 is 0 Å². The van der Waals surface area contributed by atoms with E-state index in [1.165, 1.54) is 103 Å². The number of hydrogen-bond donors (Lipinski definition) is 2. The van der Waals surface area contributed by atoms with E-state index in [4.69, 9.17) is 13.8 Å². The summed E-state index contributed by atoms with van der Waals surface area (Å²) in [6.45, 7) is 6.86. The van der Waals surface area contributed by atoms with Crippen LogP contribution in [0.3, 0.4) is 0 Å². The first-order chi connectivity index (χ1) is 40.9. The maximum atomic E-state index is 13.6. The highest BCUT2D eigenvalue weighted by molar-refractivity contribution is 7.47. The van der Waals surface area contributed by atoms with Crippen molar-refractivity contribution >= 4 is 19.7 Å². The average Bonchev–Trinajstić information content (AvgIpc) is 3.64. The van der Waals surface area contributed by atoms with Gasteiger partial charge in [0, 0.05) is 12.8 Å². The molecule has 9 nitrogen and oxygen atoms in total. The number of nitrogens with one attached hydrogen (secondary N) is 1. The molecule has 3 unspecified atom stereocenters. The fourth-order valence-corrected chi connectivity index (χ4v) is 10.1. The van der Waals surface area contributed by atoms with Crippen molar-refractivity contribution in [2.24, 2.45) is 0 Å². The Balaban J connectivity index is 5.19. The van der Waals surface area contributed by atoms with Gasteiger partial charge < -0.3 is 19.4 Å². The lowest BCUT2D eigenvalue weighted by Crippen LogP contribution is -2.47. The Bertz CT molecular complexity index is 1850. The average molecular weight is 1190 g/mol. The molecule has 0 aromatic rings. The van der Waals surface area contributed by atoms with Gasteiger partial charge in [0.2, 0.25) is 5.91 Å². The van der Waals surface area contributed by atoms with Gasteiger partial charge in [0.05, 0.1) is 33.8 Å². The minimum atomic E-state index is -4.47. The number of unbranched alkanes of at least 4 members (excludes halogenated alkanes) is 27. The van der Waals surface area contributed by atoms with Crippen LogP contribution < -0.4 is 5.32 Å². The highest BCUT2D eigenvalue weighted by Gasteiger charge is 2.30. The van der Waals surface area contributed by atoms with E-state index in [-0.39, 0.29) is 31.5 Å². The molecule has 0 saturated carbocycles. The van der Waals surface area contributed by atoms with Crippen molar-refractivity contribution in [2.45, 2.75) is 296 Å². The van der Waals surface area contributed by atoms with Gasteiger partial charge in [-0.25, -0.2) is 4.57 Å². The minimum Gasteiger partial charge on any atom is -0.456 e. The first-order valence-corrected chi connectivity index (χ1v) is 35.9. The van der Waals surface area contributed by atoms with Crippen LogP contribution >= 0.6 is 7.82 Å². The number of hydrogen-bond acceptors (Lipinski definition) is 6. The number of nitrogens with zero attached hydrogens (tertiary/aromatic N) is 1. The Hall–Kier alpha value is -3.59. The molecule has 3 atom stereocenters. The van der Waals surface area contributed by atoms with E-state index in [1.807, 2.05) is 33.3 Å². The highest BCUT2D eigenvalue weighted by atomic mass is 31.2. The number of phosphoric acid groups is 1. The van der Waals surface area contributed by atoms with Crippen LogP contribution in [0, 0.1) is 0 Å². The van der Waals surface area contributed by atoms with E-state index in [9.17, 15) is 19.0 Å². The number of rotatable bonds is 61. The second-order valence-electron chi connectivity index (χ2n) is 24.0. The van der Waals surface area contributed by atoms with Gasteiger partial charge in [-0.15, -0.1) is 0 Å². The molecule has 0 aliphatic heterocycles. The molecule has 1 amide bonds. The Kier molecular flexibility index (Phi) is 59.8. The molecule has 0 aromatic carbocycles. The maximum absolute atomic E-state index is 13.6. The van der Waals surface area contributed by atoms with E-state index < -0.39 is 20.0 Å². The highest BCUT2D eigenvalue weighted by Crippen LogP contribution is 2.43. The topological polar surface area (TPSA) is 111 Å². The standard InChI is InChI=1S/C74H129N2O7P/c1-7-10-13-16-19-22-25-28-30-32-34-36-37-38-39-41-42-44-46-48-51-54-57-60-63-66-73(77)75-71(70-82-84(79,80)81-69-68-76(4,5)6)72(65-62-59-56-53-50-27-24-21-18-15-12-9-3)83-74(78)67-64-61-58-55-52-49-47-45-43-40-35-33-31-29-26-23-20-17-14-11-8-2/h10,13,19-20,22-23,28-31,34-36,38-40,42,44,62,65,71-72H,7-9,11-12,14-18,21,24-27,32-33,37,41,43,45-61,63-64,66-70H2,1-6H3,(H-,75,77,79,80)/p+1/b13-10-,22-19-,23-20-,30-28-,31-29-,36-34-,39-38-,40-35-,44-42-,65-62-. The zero-order chi connectivity index (χ0) is 61.4. The summed E-state index contributed by atoms with van der Waals surface area (Å²) in [6.07, 6.45) is 87.7. The SMILES string of the molecule is CC/C=C\C/C=C\C/C=C\C/C=C\C/C=C\C/C=C\CCCCCCCCC(=O)NC(COP(=O)(O)OCC[N+](C)(C)C)C(/C=C\CCCCCCCCCCCC)OC(=O)CCCCCCCCCC/C=C\C/C=C\C/C=C\CCCCC. The summed E-state index contributed by atoms with van der Waals surface area (Å²) in [4.78, 5) is 37.9. The van der Waals surface area contributed by atoms with Gasteiger partial charge in [0.25, 0.3) is 0 Å². The smallest absolute Gasteiger partial charge is 0.456 e. The number of likely N-dealkylation sites (N-methyl/N-ethyl adjacent to an activating group) is 1. The molecule has 0 rings (SSSR count). The first kappa shape index (κ1) is 80.4. The van der Waals surface area contributed by atoms with Crippen LogP contribution in [0.5, 0.6) is 0 Å². The maximum Gasteiger partial charge on any atom is 0.472 e. The van der Waals surface area contributed by atoms with Crippen molar-refractivity contribution in [1.29, 1.82) is 0 Å². The van der Waals surface area contributed by atoms with Gasteiger partial charge in [-0.05, 0) is 122 Å². The molecule has 0 saturated heterocycles. The number of carbonyl (C=O) groups is 2. The van der Waals surface area contributed by atoms with Gasteiger partial charge in [0.1, 0.15) is 19.3 Å². The van der Waals surface area contributed by atoms with Gasteiger partial charge in [-0.1, -0.05) is 271 Å². The number of allylic oxidation sites excluding steroid dienone is 19. The largest absolute Gasteiger partial charge is 0.472 e. The van der Waals surface area contributed by atoms with Crippen molar-refractivity contribution in [3.63, 3.8) is 0 Å². The Morgan fingerprint density at radius 2 is 0.762 bits per heavy atom. The molecule has 0 heterocycles. The second kappa shape index (κ2) is 62.5. The molecule has 0 aliphatic carbocycles. The number of carbonyl (C=O) groups excluding carboxylic acids is 2. The third-order valence-corrected chi connectivity index (χ3v) is 15.6. The molecule has 0 fully saturated rings. The fraction of sp³-hybridized carbons (Fsp3) is 0.703. The van der Waals surface area contributed by atoms with Crippen molar-refractivity contribution in [1.82, 2.24) is 5.32 Å². The molecule has 0 aliphatic rings. The van der Waals surface area contributed by atoms with Crippen molar-refractivity contribution in [3.8, 4) is 0 Å². The lowest BCUT2D eigenvalue weighted by Gasteiger charge is -2.27. The Morgan fingerprint density at radius 3 is 1.17 bits per heavy atom. The Labute approximate surface area is 518 Å². The van der Waals surface area contributed by atoms with Crippen LogP contribution in [-0.2, 0) is 27.9 Å². The summed E-state index contributed by atoms with van der Waals surface area (Å²) in [7, 11) is 1.47. The molecule has 0 spiro atoms. The molecular formula is C74H130N2O7P+. The lowest BCUT2D eigenvalue weighted by atomic mass is 10.0. The summed E-state index contributed by atoms with van der Waals surface area (Å²) < 4.78 is 30.8. The molecule has 0 radical (unpaired) electrons. The molecule has 0 bridgehead atoms. The number of ether oxygens (including phenoxy) is 1. The van der Waals surface area contributed by atoms with Crippen LogP contribution in [0.2, 0.25) is 0 Å². The monoisotopic (exact) mass is 1190 g/mol. The molecular weight excluding hydrogens is 1060 g/mol. The second-order valence-corrected chi connectivity index (χ2v) is 25.4. The third kappa shape index (κ3) is 62.9. The van der Waals surface area contributed by atoms with Crippen molar-refractivity contribution in [3.05, 3.63) is 122 Å². The summed E-state index contributed by atoms with van der Waals surface area (Å²) in [6, 6.07) is -0.869. The van der Waals surface area contributed by atoms with Gasteiger partial charge >= 0.3 is 13.8 Å². The predicted molar refractivity (Wildman–Crippen MR) is 364 cm³/mol. The van der Waals surface area contributed by atoms with E-state index in [1.54, 1.807) is 0 Å². The van der Waals surface area contributed by atoms with Crippen LogP contribution in [0.25, 0.3) is 0 Å². The summed E-state index contributed by atoms with van der Waals surface area (Å²) in [5, 5.41) is 3.06. The van der Waals surface area contributed by atoms with Crippen LogP contribution in [0.15, 0.2) is 122 Å². The summed E-state index contributed by atoms with van der Waals surface area (Å²) in [5.41, 5.74) is 0. The normalized spacial score (nSPS) is 14.3. The van der Waals surface area contributed by atoms with Gasteiger partial charge in [-0.3, -0.25) is 18.6 Å². The zero-order valence-corrected chi connectivity index (χ0v) is 56.0. The van der Waals surface area contributed by atoms with Gasteiger partial charge in [0.15, 0.2) is 0 Å². The number of quaternary nitrogens is 1. The quantitative estimate of drug-likeness (QED) is 0.0205. The molecule has 0 aromatic heterocycles. The fourth-order valence-electron chi connectivity index (χ4n) is 9.36. The van der Waals surface area contributed by atoms with Crippen LogP contribution in [0.4, 0.5) is 0 Å². The van der Waals surface area contributed by atoms with E-state index in [0.29, 0.717) is 17.4 Å². The predicted octanol–water partition coefficient (Wildman–Crippen LogP) is 21.8. The first-order valence-electron chi connectivity index (χ1n) is 34.4. The van der Waals surface area contributed by atoms with Gasteiger partial charge in [-0.2, -0.15) is 0 Å². The molecule has 84 heavy (non-hydrogen) atoms. The van der Waals surface area contributed by atoms with Crippen molar-refractivity contribution < 1.29 is 37.3 Å². The van der Waals surface area contributed by atoms with Crippen molar-refractivity contribution in [2.75, 3.05) is 40.9 Å².